The number of benzene rings is 4. The number of anilines is 1. The molecule has 32 heavy (non-hydrogen) atoms. The zero-order chi connectivity index (χ0) is 21.7. The Labute approximate surface area is 186 Å². The smallest absolute Gasteiger partial charge is 0.135 e. The van der Waals surface area contributed by atoms with Crippen LogP contribution in [0.3, 0.4) is 0 Å². The second-order valence-electron chi connectivity index (χ2n) is 8.12. The van der Waals surface area contributed by atoms with Gasteiger partial charge in [0, 0.05) is 36.0 Å². The summed E-state index contributed by atoms with van der Waals surface area (Å²) in [7, 11) is 0. The van der Waals surface area contributed by atoms with E-state index in [-0.39, 0.29) is 6.04 Å². The first kappa shape index (κ1) is 18.9. The molecule has 5 nitrogen and oxygen atoms in total. The van der Waals surface area contributed by atoms with Gasteiger partial charge >= 0.3 is 0 Å². The molecule has 0 bridgehead atoms. The maximum absolute atomic E-state index is 6.52. The molecule has 0 saturated heterocycles. The lowest BCUT2D eigenvalue weighted by molar-refractivity contribution is 0.427. The summed E-state index contributed by atoms with van der Waals surface area (Å²) < 4.78 is 8.56. The van der Waals surface area contributed by atoms with Crippen LogP contribution in [0.2, 0.25) is 0 Å². The molecule has 1 aromatic heterocycles. The standard InChI is InChI=1S/C27H24N4O/c1-3-30(4-2)19-14-15-21-25(17-19)32-24-16-13-18-9-5-6-10-20(18)26(24)27(21)31-23-12-8-7-11-22(23)28-29-31/h5-17,27H,3-4H2,1-2H3. The van der Waals surface area contributed by atoms with Gasteiger partial charge in [-0.25, -0.2) is 4.68 Å². The lowest BCUT2D eigenvalue weighted by Gasteiger charge is -2.31. The maximum Gasteiger partial charge on any atom is 0.135 e. The van der Waals surface area contributed by atoms with Gasteiger partial charge in [0.25, 0.3) is 0 Å². The van der Waals surface area contributed by atoms with Crippen molar-refractivity contribution in [3.63, 3.8) is 0 Å². The van der Waals surface area contributed by atoms with Gasteiger partial charge < -0.3 is 9.64 Å². The normalized spacial score (nSPS) is 14.8. The van der Waals surface area contributed by atoms with Crippen LogP contribution in [0.15, 0.2) is 78.9 Å². The van der Waals surface area contributed by atoms with Gasteiger partial charge in [0.15, 0.2) is 0 Å². The topological polar surface area (TPSA) is 43.2 Å². The van der Waals surface area contributed by atoms with Crippen molar-refractivity contribution >= 4 is 27.5 Å². The van der Waals surface area contributed by atoms with Gasteiger partial charge in [-0.1, -0.05) is 53.7 Å². The third-order valence-corrected chi connectivity index (χ3v) is 6.47. The molecule has 1 unspecified atom stereocenters. The molecule has 5 heteroatoms. The predicted molar refractivity (Wildman–Crippen MR) is 129 cm³/mol. The lowest BCUT2D eigenvalue weighted by atomic mass is 9.90. The minimum Gasteiger partial charge on any atom is -0.457 e. The molecule has 4 aromatic carbocycles. The minimum atomic E-state index is -0.127. The molecule has 1 aliphatic rings. The average Bonchev–Trinajstić information content (AvgIpc) is 3.27. The molecule has 1 atom stereocenters. The number of fused-ring (bicyclic) bond motifs is 5. The minimum absolute atomic E-state index is 0.127. The summed E-state index contributed by atoms with van der Waals surface area (Å²) >= 11 is 0. The number of aromatic nitrogens is 3. The number of hydrogen-bond acceptors (Lipinski definition) is 4. The van der Waals surface area contributed by atoms with Crippen LogP contribution >= 0.6 is 0 Å². The highest BCUT2D eigenvalue weighted by Gasteiger charge is 2.32. The molecule has 0 radical (unpaired) electrons. The molecule has 2 heterocycles. The Bertz CT molecular complexity index is 1450. The van der Waals surface area contributed by atoms with E-state index in [0.717, 1.165) is 46.7 Å². The molecule has 6 rings (SSSR count). The van der Waals surface area contributed by atoms with E-state index in [1.165, 1.54) is 16.5 Å². The van der Waals surface area contributed by atoms with Crippen LogP contribution < -0.4 is 9.64 Å². The number of hydrogen-bond donors (Lipinski definition) is 0. The highest BCUT2D eigenvalue weighted by atomic mass is 16.5. The molecule has 158 valence electrons. The van der Waals surface area contributed by atoms with Crippen LogP contribution in [0.25, 0.3) is 21.8 Å². The second-order valence-corrected chi connectivity index (χ2v) is 8.12. The molecule has 5 aromatic rings. The van der Waals surface area contributed by atoms with Gasteiger partial charge in [0.05, 0.1) is 5.52 Å². The molecule has 0 fully saturated rings. The van der Waals surface area contributed by atoms with Gasteiger partial charge in [-0.05, 0) is 48.9 Å². The van der Waals surface area contributed by atoms with Crippen molar-refractivity contribution < 1.29 is 4.74 Å². The van der Waals surface area contributed by atoms with Crippen molar-refractivity contribution in [2.45, 2.75) is 19.9 Å². The zero-order valence-electron chi connectivity index (χ0n) is 18.2. The van der Waals surface area contributed by atoms with Crippen LogP contribution in [-0.4, -0.2) is 28.1 Å². The Hall–Kier alpha value is -3.86. The van der Waals surface area contributed by atoms with E-state index in [4.69, 9.17) is 4.74 Å². The second kappa shape index (κ2) is 7.38. The summed E-state index contributed by atoms with van der Waals surface area (Å²) in [5.41, 5.74) is 5.29. The Morgan fingerprint density at radius 1 is 0.875 bits per heavy atom. The number of nitrogens with zero attached hydrogens (tertiary/aromatic N) is 4. The van der Waals surface area contributed by atoms with E-state index < -0.39 is 0 Å². The first-order valence-electron chi connectivity index (χ1n) is 11.2. The average molecular weight is 421 g/mol. The summed E-state index contributed by atoms with van der Waals surface area (Å²) in [6.45, 7) is 6.26. The summed E-state index contributed by atoms with van der Waals surface area (Å²) in [4.78, 5) is 2.33. The first-order valence-corrected chi connectivity index (χ1v) is 11.2. The van der Waals surface area contributed by atoms with E-state index in [0.29, 0.717) is 0 Å². The summed E-state index contributed by atoms with van der Waals surface area (Å²) in [5.74, 6) is 1.75. The highest BCUT2D eigenvalue weighted by Crippen LogP contribution is 2.49. The monoisotopic (exact) mass is 420 g/mol. The van der Waals surface area contributed by atoms with E-state index in [1.54, 1.807) is 0 Å². The molecule has 0 saturated carbocycles. The Morgan fingerprint density at radius 3 is 2.56 bits per heavy atom. The first-order chi connectivity index (χ1) is 15.8. The van der Waals surface area contributed by atoms with E-state index in [1.807, 2.05) is 22.9 Å². The highest BCUT2D eigenvalue weighted by molar-refractivity contribution is 5.90. The van der Waals surface area contributed by atoms with Crippen LogP contribution in [0.4, 0.5) is 5.69 Å². The quantitative estimate of drug-likeness (QED) is 0.342. The van der Waals surface area contributed by atoms with Gasteiger partial charge in [0.2, 0.25) is 0 Å². The van der Waals surface area contributed by atoms with Crippen molar-refractivity contribution in [1.82, 2.24) is 15.0 Å². The summed E-state index contributed by atoms with van der Waals surface area (Å²) in [5, 5.41) is 11.4. The molecule has 0 N–H and O–H groups in total. The molecular weight excluding hydrogens is 396 g/mol. The van der Waals surface area contributed by atoms with E-state index >= 15 is 0 Å². The Kier molecular flexibility index (Phi) is 4.35. The van der Waals surface area contributed by atoms with Gasteiger partial charge in [-0.3, -0.25) is 0 Å². The van der Waals surface area contributed by atoms with Gasteiger partial charge in [-0.15, -0.1) is 5.10 Å². The van der Waals surface area contributed by atoms with Crippen molar-refractivity contribution in [1.29, 1.82) is 0 Å². The largest absolute Gasteiger partial charge is 0.457 e. The predicted octanol–water partition coefficient (Wildman–Crippen LogP) is 6.17. The molecule has 0 amide bonds. The van der Waals surface area contributed by atoms with E-state index in [9.17, 15) is 0 Å². The maximum atomic E-state index is 6.52. The van der Waals surface area contributed by atoms with Crippen LogP contribution in [0.5, 0.6) is 11.5 Å². The van der Waals surface area contributed by atoms with E-state index in [2.05, 4.69) is 89.7 Å². The van der Waals surface area contributed by atoms with Crippen molar-refractivity contribution in [3.05, 3.63) is 90.0 Å². The zero-order valence-corrected chi connectivity index (χ0v) is 18.2. The Morgan fingerprint density at radius 2 is 1.69 bits per heavy atom. The molecule has 0 aliphatic carbocycles. The number of para-hydroxylation sites is 1. The molecule has 1 aliphatic heterocycles. The van der Waals surface area contributed by atoms with Crippen LogP contribution in [0.1, 0.15) is 31.0 Å². The van der Waals surface area contributed by atoms with Crippen molar-refractivity contribution in [2.24, 2.45) is 0 Å². The van der Waals surface area contributed by atoms with Crippen molar-refractivity contribution in [2.75, 3.05) is 18.0 Å². The molecule has 0 spiro atoms. The third-order valence-electron chi connectivity index (χ3n) is 6.47. The SMILES string of the molecule is CCN(CC)c1ccc2c(c1)Oc1ccc3ccccc3c1C2n1nnc2ccccc21. The van der Waals surface area contributed by atoms with Gasteiger partial charge in [0.1, 0.15) is 23.1 Å². The van der Waals surface area contributed by atoms with Crippen LogP contribution in [0, 0.1) is 0 Å². The van der Waals surface area contributed by atoms with Gasteiger partial charge in [-0.2, -0.15) is 0 Å². The lowest BCUT2D eigenvalue weighted by Crippen LogP contribution is -2.23. The van der Waals surface area contributed by atoms with Crippen LogP contribution in [-0.2, 0) is 0 Å². The third kappa shape index (κ3) is 2.78. The summed E-state index contributed by atoms with van der Waals surface area (Å²) in [6.07, 6.45) is 0. The molecular formula is C27H24N4O. The fraction of sp³-hybridized carbons (Fsp3) is 0.185. The fourth-order valence-electron chi connectivity index (χ4n) is 4.88. The summed E-state index contributed by atoms with van der Waals surface area (Å²) in [6, 6.07) is 27.2. The number of ether oxygens (including phenoxy) is 1. The Balaban J connectivity index is 1.64. The van der Waals surface area contributed by atoms with Crippen molar-refractivity contribution in [3.8, 4) is 11.5 Å². The number of rotatable bonds is 4. The fourth-order valence-corrected chi connectivity index (χ4v) is 4.88.